The van der Waals surface area contributed by atoms with E-state index in [1.165, 1.54) is 0 Å². The average molecular weight is 291 g/mol. The van der Waals surface area contributed by atoms with Crippen molar-refractivity contribution in [3.8, 4) is 5.75 Å². The van der Waals surface area contributed by atoms with Gasteiger partial charge in [0.05, 0.1) is 0 Å². The number of carbonyl (C=O) groups excluding carboxylic acids is 1. The molecule has 1 amide bonds. The molecule has 2 unspecified atom stereocenters. The van der Waals surface area contributed by atoms with Gasteiger partial charge in [0.2, 0.25) is 0 Å². The molecule has 2 atom stereocenters. The fourth-order valence-electron chi connectivity index (χ4n) is 2.42. The quantitative estimate of drug-likeness (QED) is 0.887. The van der Waals surface area contributed by atoms with Crippen LogP contribution in [-0.2, 0) is 16.0 Å². The minimum atomic E-state index is -1.03. The number of benzene rings is 1. The van der Waals surface area contributed by atoms with Crippen molar-refractivity contribution >= 4 is 11.9 Å². The molecule has 0 fully saturated rings. The Bertz CT molecular complexity index is 549. The molecule has 0 spiro atoms. The van der Waals surface area contributed by atoms with Gasteiger partial charge in [-0.25, -0.2) is 4.79 Å². The van der Waals surface area contributed by atoms with Gasteiger partial charge in [-0.2, -0.15) is 0 Å². The SMILES string of the molecule is Cc1cc2c(cc1C)OC(C(=O)NC(C(=O)O)C(C)C)C2. The van der Waals surface area contributed by atoms with Crippen molar-refractivity contribution in [1.29, 1.82) is 0 Å². The number of ether oxygens (including phenoxy) is 1. The van der Waals surface area contributed by atoms with E-state index in [-0.39, 0.29) is 11.8 Å². The molecule has 114 valence electrons. The van der Waals surface area contributed by atoms with Gasteiger partial charge in [0.1, 0.15) is 11.8 Å². The molecule has 0 aromatic heterocycles. The molecule has 1 aliphatic rings. The van der Waals surface area contributed by atoms with E-state index in [2.05, 4.69) is 5.32 Å². The summed E-state index contributed by atoms with van der Waals surface area (Å²) < 4.78 is 5.66. The Morgan fingerprint density at radius 1 is 1.29 bits per heavy atom. The number of carbonyl (C=O) groups is 2. The molecule has 1 aromatic carbocycles. The van der Waals surface area contributed by atoms with E-state index in [1.807, 2.05) is 26.0 Å². The molecule has 5 nitrogen and oxygen atoms in total. The van der Waals surface area contributed by atoms with Crippen LogP contribution in [0.3, 0.4) is 0 Å². The Labute approximate surface area is 124 Å². The maximum atomic E-state index is 12.2. The van der Waals surface area contributed by atoms with Crippen molar-refractivity contribution in [2.24, 2.45) is 5.92 Å². The fourth-order valence-corrected chi connectivity index (χ4v) is 2.42. The van der Waals surface area contributed by atoms with E-state index >= 15 is 0 Å². The number of carboxylic acid groups (broad SMARTS) is 1. The highest BCUT2D eigenvalue weighted by atomic mass is 16.5. The normalized spacial score (nSPS) is 18.0. The van der Waals surface area contributed by atoms with Crippen LogP contribution in [0.5, 0.6) is 5.75 Å². The second kappa shape index (κ2) is 5.76. The van der Waals surface area contributed by atoms with Gasteiger partial charge >= 0.3 is 5.97 Å². The summed E-state index contributed by atoms with van der Waals surface area (Å²) in [6.07, 6.45) is -0.172. The molecular weight excluding hydrogens is 270 g/mol. The predicted molar refractivity (Wildman–Crippen MR) is 78.4 cm³/mol. The van der Waals surface area contributed by atoms with Gasteiger partial charge in [-0.1, -0.05) is 19.9 Å². The van der Waals surface area contributed by atoms with Crippen LogP contribution in [0.1, 0.15) is 30.5 Å². The van der Waals surface area contributed by atoms with Crippen LogP contribution in [0, 0.1) is 19.8 Å². The number of hydrogen-bond acceptors (Lipinski definition) is 3. The predicted octanol–water partition coefficient (Wildman–Crippen LogP) is 1.83. The number of nitrogens with one attached hydrogen (secondary N) is 1. The summed E-state index contributed by atoms with van der Waals surface area (Å²) in [6.45, 7) is 7.53. The zero-order valence-electron chi connectivity index (χ0n) is 12.8. The molecule has 0 saturated heterocycles. The van der Waals surface area contributed by atoms with Crippen LogP contribution in [-0.4, -0.2) is 29.1 Å². The largest absolute Gasteiger partial charge is 0.480 e. The third-order valence-electron chi connectivity index (χ3n) is 3.87. The Kier molecular flexibility index (Phi) is 4.21. The minimum Gasteiger partial charge on any atom is -0.480 e. The summed E-state index contributed by atoms with van der Waals surface area (Å²) >= 11 is 0. The van der Waals surface area contributed by atoms with Crippen LogP contribution in [0.4, 0.5) is 0 Å². The van der Waals surface area contributed by atoms with Crippen molar-refractivity contribution < 1.29 is 19.4 Å². The van der Waals surface area contributed by atoms with Crippen molar-refractivity contribution in [2.75, 3.05) is 0 Å². The second-order valence-electron chi connectivity index (χ2n) is 5.92. The van der Waals surface area contributed by atoms with Gasteiger partial charge in [0, 0.05) is 6.42 Å². The first-order valence-corrected chi connectivity index (χ1v) is 7.09. The number of hydrogen-bond donors (Lipinski definition) is 2. The Balaban J connectivity index is 2.08. The van der Waals surface area contributed by atoms with Gasteiger partial charge in [0.25, 0.3) is 5.91 Å². The number of carboxylic acids is 1. The summed E-state index contributed by atoms with van der Waals surface area (Å²) in [7, 11) is 0. The zero-order chi connectivity index (χ0) is 15.7. The maximum absolute atomic E-state index is 12.2. The summed E-state index contributed by atoms with van der Waals surface area (Å²) in [6, 6.07) is 3.05. The number of aryl methyl sites for hydroxylation is 2. The third-order valence-corrected chi connectivity index (χ3v) is 3.87. The lowest BCUT2D eigenvalue weighted by Crippen LogP contribution is -2.49. The smallest absolute Gasteiger partial charge is 0.326 e. The van der Waals surface area contributed by atoms with Crippen molar-refractivity contribution in [1.82, 2.24) is 5.32 Å². The van der Waals surface area contributed by atoms with Crippen molar-refractivity contribution in [3.05, 3.63) is 28.8 Å². The van der Waals surface area contributed by atoms with Crippen LogP contribution >= 0.6 is 0 Å². The van der Waals surface area contributed by atoms with Gasteiger partial charge < -0.3 is 15.2 Å². The average Bonchev–Trinajstić information content (AvgIpc) is 2.78. The lowest BCUT2D eigenvalue weighted by molar-refractivity contribution is -0.144. The monoisotopic (exact) mass is 291 g/mol. The van der Waals surface area contributed by atoms with E-state index in [0.717, 1.165) is 22.4 Å². The maximum Gasteiger partial charge on any atom is 0.326 e. The van der Waals surface area contributed by atoms with E-state index < -0.39 is 18.1 Å². The molecule has 2 N–H and O–H groups in total. The zero-order valence-corrected chi connectivity index (χ0v) is 12.8. The Morgan fingerprint density at radius 2 is 1.90 bits per heavy atom. The molecule has 0 radical (unpaired) electrons. The third kappa shape index (κ3) is 3.17. The van der Waals surface area contributed by atoms with E-state index in [0.29, 0.717) is 6.42 Å². The molecule has 2 rings (SSSR count). The summed E-state index contributed by atoms with van der Waals surface area (Å²) in [5.74, 6) is -0.863. The Hall–Kier alpha value is -2.04. The highest BCUT2D eigenvalue weighted by molar-refractivity contribution is 5.87. The first kappa shape index (κ1) is 15.4. The van der Waals surface area contributed by atoms with Gasteiger partial charge in [-0.05, 0) is 42.5 Å². The molecule has 1 heterocycles. The lowest BCUT2D eigenvalue weighted by Gasteiger charge is -2.20. The second-order valence-corrected chi connectivity index (χ2v) is 5.92. The topological polar surface area (TPSA) is 75.6 Å². The number of rotatable bonds is 4. The van der Waals surface area contributed by atoms with E-state index in [4.69, 9.17) is 9.84 Å². The van der Waals surface area contributed by atoms with E-state index in [9.17, 15) is 9.59 Å². The van der Waals surface area contributed by atoms with Crippen LogP contribution in [0.15, 0.2) is 12.1 Å². The molecular formula is C16H21NO4. The molecule has 0 saturated carbocycles. The summed E-state index contributed by atoms with van der Waals surface area (Å²) in [5, 5.41) is 11.7. The number of fused-ring (bicyclic) bond motifs is 1. The van der Waals surface area contributed by atoms with Crippen LogP contribution < -0.4 is 10.1 Å². The molecule has 0 aliphatic carbocycles. The highest BCUT2D eigenvalue weighted by Gasteiger charge is 2.33. The number of aliphatic carboxylic acids is 1. The first-order valence-electron chi connectivity index (χ1n) is 7.09. The van der Waals surface area contributed by atoms with Crippen LogP contribution in [0.2, 0.25) is 0 Å². The Morgan fingerprint density at radius 3 is 2.48 bits per heavy atom. The summed E-state index contributed by atoms with van der Waals surface area (Å²) in [4.78, 5) is 23.3. The van der Waals surface area contributed by atoms with Gasteiger partial charge in [-0.3, -0.25) is 4.79 Å². The van der Waals surface area contributed by atoms with Crippen molar-refractivity contribution in [3.63, 3.8) is 0 Å². The first-order chi connectivity index (χ1) is 9.79. The number of amides is 1. The van der Waals surface area contributed by atoms with Gasteiger partial charge in [0.15, 0.2) is 6.10 Å². The minimum absolute atomic E-state index is 0.181. The standard InChI is InChI=1S/C16H21NO4/c1-8(2)14(16(19)20)17-15(18)13-7-11-5-9(3)10(4)6-12(11)21-13/h5-6,8,13-14H,7H2,1-4H3,(H,17,18)(H,19,20). The summed E-state index contributed by atoms with van der Waals surface area (Å²) in [5.41, 5.74) is 3.26. The lowest BCUT2D eigenvalue weighted by atomic mass is 10.0. The van der Waals surface area contributed by atoms with Crippen LogP contribution in [0.25, 0.3) is 0 Å². The fraction of sp³-hybridized carbons (Fsp3) is 0.500. The molecule has 1 aliphatic heterocycles. The van der Waals surface area contributed by atoms with Crippen molar-refractivity contribution in [2.45, 2.75) is 46.3 Å². The van der Waals surface area contributed by atoms with Gasteiger partial charge in [-0.15, -0.1) is 0 Å². The highest BCUT2D eigenvalue weighted by Crippen LogP contribution is 2.31. The molecule has 0 bridgehead atoms. The molecule has 1 aromatic rings. The molecule has 21 heavy (non-hydrogen) atoms. The van der Waals surface area contributed by atoms with E-state index in [1.54, 1.807) is 13.8 Å². The molecule has 5 heteroatoms.